The van der Waals surface area contributed by atoms with Gasteiger partial charge in [-0.15, -0.1) is 0 Å². The Morgan fingerprint density at radius 3 is 1.48 bits per heavy atom. The molecule has 0 spiro atoms. The largest absolute Gasteiger partial charge is 0.456 e. The lowest BCUT2D eigenvalue weighted by atomic mass is 9.94. The Labute approximate surface area is 333 Å². The summed E-state index contributed by atoms with van der Waals surface area (Å²) < 4.78 is 12.8. The summed E-state index contributed by atoms with van der Waals surface area (Å²) in [6, 6.07) is 65.9. The maximum absolute atomic E-state index is 6.42. The van der Waals surface area contributed by atoms with Crippen molar-refractivity contribution in [3.05, 3.63) is 194 Å². The smallest absolute Gasteiger partial charge is 0.227 e. The summed E-state index contributed by atoms with van der Waals surface area (Å²) in [6.45, 7) is 0. The molecule has 3 aromatic heterocycles. The van der Waals surface area contributed by atoms with E-state index in [9.17, 15) is 0 Å². The first-order chi connectivity index (χ1) is 28.7. The van der Waals surface area contributed by atoms with Crippen molar-refractivity contribution in [3.8, 4) is 79.0 Å². The van der Waals surface area contributed by atoms with Gasteiger partial charge in [-0.25, -0.2) is 19.9 Å². The normalized spacial score (nSPS) is 11.4. The first-order valence-electron chi connectivity index (χ1n) is 19.2. The molecule has 0 fully saturated rings. The van der Waals surface area contributed by atoms with E-state index in [0.29, 0.717) is 23.4 Å². The van der Waals surface area contributed by atoms with Gasteiger partial charge in [-0.05, 0) is 75.8 Å². The van der Waals surface area contributed by atoms with E-state index in [1.807, 2.05) is 91.0 Å². The number of hydrogen-bond donors (Lipinski definition) is 0. The van der Waals surface area contributed by atoms with Gasteiger partial charge in [0, 0.05) is 33.0 Å². The highest BCUT2D eigenvalue weighted by molar-refractivity contribution is 6.13. The lowest BCUT2D eigenvalue weighted by molar-refractivity contribution is 0.620. The van der Waals surface area contributed by atoms with Crippen LogP contribution in [0.1, 0.15) is 0 Å². The van der Waals surface area contributed by atoms with Crippen LogP contribution >= 0.6 is 0 Å². The SMILES string of the molecule is c1ccc(-c2nc(-c3ccccc3)nc(-c3cccc4oc5ccc(-c6ccc7nc(-c8ccc(-c9ccccc9-c9ccccc9)cc8)oc7c6)cc5c34)n2)cc1. The molecule has 6 nitrogen and oxygen atoms in total. The molecule has 6 heteroatoms. The van der Waals surface area contributed by atoms with E-state index in [-0.39, 0.29) is 0 Å². The maximum atomic E-state index is 6.42. The van der Waals surface area contributed by atoms with Gasteiger partial charge in [-0.2, -0.15) is 0 Å². The fourth-order valence-electron chi connectivity index (χ4n) is 7.75. The molecule has 0 amide bonds. The van der Waals surface area contributed by atoms with Crippen molar-refractivity contribution in [2.75, 3.05) is 0 Å². The van der Waals surface area contributed by atoms with E-state index in [1.54, 1.807) is 0 Å². The highest BCUT2D eigenvalue weighted by Crippen LogP contribution is 2.39. The van der Waals surface area contributed by atoms with E-state index in [1.165, 1.54) is 16.7 Å². The van der Waals surface area contributed by atoms with E-state index in [0.717, 1.165) is 72.0 Å². The third kappa shape index (κ3) is 6.01. The van der Waals surface area contributed by atoms with E-state index in [2.05, 4.69) is 103 Å². The Balaban J connectivity index is 0.959. The minimum Gasteiger partial charge on any atom is -0.456 e. The molecule has 0 atom stereocenters. The Bertz CT molecular complexity index is 3210. The standard InChI is InChI=1S/C52H32N4O2/c1-4-13-33(14-5-1)40-19-10-11-20-41(40)34-23-25-37(26-24-34)52-53-44-29-27-39(32-47(44)58-52)38-28-30-45-43(31-38)48-42(21-12-22-46(48)57-45)51-55-49(35-15-6-2-7-16-35)54-50(56-51)36-17-8-3-9-18-36/h1-32H. The molecule has 0 N–H and O–H groups in total. The van der Waals surface area contributed by atoms with Crippen molar-refractivity contribution in [2.24, 2.45) is 0 Å². The summed E-state index contributed by atoms with van der Waals surface area (Å²) in [5.74, 6) is 2.38. The van der Waals surface area contributed by atoms with Crippen LogP contribution < -0.4 is 0 Å². The van der Waals surface area contributed by atoms with Crippen LogP contribution in [0, 0.1) is 0 Å². The summed E-state index contributed by atoms with van der Waals surface area (Å²) in [6.07, 6.45) is 0. The second kappa shape index (κ2) is 14.0. The molecular formula is C52H32N4O2. The van der Waals surface area contributed by atoms with Crippen LogP contribution in [-0.4, -0.2) is 19.9 Å². The Kier molecular flexibility index (Phi) is 8.04. The van der Waals surface area contributed by atoms with Gasteiger partial charge < -0.3 is 8.83 Å². The van der Waals surface area contributed by atoms with Crippen molar-refractivity contribution in [3.63, 3.8) is 0 Å². The zero-order valence-corrected chi connectivity index (χ0v) is 31.1. The number of nitrogens with zero attached hydrogens (tertiary/aromatic N) is 4. The van der Waals surface area contributed by atoms with Crippen molar-refractivity contribution < 1.29 is 8.83 Å². The monoisotopic (exact) mass is 744 g/mol. The number of aromatic nitrogens is 4. The summed E-state index contributed by atoms with van der Waals surface area (Å²) in [5.41, 5.74) is 13.4. The van der Waals surface area contributed by atoms with Gasteiger partial charge in [0.25, 0.3) is 0 Å². The fraction of sp³-hybridized carbons (Fsp3) is 0. The van der Waals surface area contributed by atoms with Crippen LogP contribution in [-0.2, 0) is 0 Å². The van der Waals surface area contributed by atoms with Crippen LogP contribution in [0.3, 0.4) is 0 Å². The number of furan rings is 1. The topological polar surface area (TPSA) is 77.8 Å². The third-order valence-electron chi connectivity index (χ3n) is 10.6. The van der Waals surface area contributed by atoms with Gasteiger partial charge in [0.15, 0.2) is 23.1 Å². The first kappa shape index (κ1) is 33.4. The van der Waals surface area contributed by atoms with Gasteiger partial charge >= 0.3 is 0 Å². The molecule has 0 unspecified atom stereocenters. The highest BCUT2D eigenvalue weighted by Gasteiger charge is 2.19. The summed E-state index contributed by atoms with van der Waals surface area (Å²) >= 11 is 0. The van der Waals surface area contributed by atoms with Crippen molar-refractivity contribution in [1.29, 1.82) is 0 Å². The molecule has 0 bridgehead atoms. The molecule has 0 aliphatic rings. The number of rotatable bonds is 7. The number of benzene rings is 8. The molecule has 0 saturated heterocycles. The summed E-state index contributed by atoms with van der Waals surface area (Å²) in [4.78, 5) is 19.8. The van der Waals surface area contributed by atoms with Gasteiger partial charge in [0.2, 0.25) is 5.89 Å². The zero-order valence-electron chi connectivity index (χ0n) is 31.1. The van der Waals surface area contributed by atoms with Crippen LogP contribution in [0.2, 0.25) is 0 Å². The predicted octanol–water partition coefficient (Wildman–Crippen LogP) is 13.6. The fourth-order valence-corrected chi connectivity index (χ4v) is 7.75. The number of hydrogen-bond acceptors (Lipinski definition) is 6. The van der Waals surface area contributed by atoms with Crippen molar-refractivity contribution >= 4 is 33.0 Å². The zero-order chi connectivity index (χ0) is 38.4. The average molecular weight is 745 g/mol. The Hall–Kier alpha value is -7.96. The second-order valence-corrected chi connectivity index (χ2v) is 14.2. The Morgan fingerprint density at radius 1 is 0.293 bits per heavy atom. The molecule has 11 aromatic rings. The summed E-state index contributed by atoms with van der Waals surface area (Å²) in [5, 5.41) is 1.92. The first-order valence-corrected chi connectivity index (χ1v) is 19.2. The summed E-state index contributed by atoms with van der Waals surface area (Å²) in [7, 11) is 0. The van der Waals surface area contributed by atoms with Crippen LogP contribution in [0.4, 0.5) is 0 Å². The van der Waals surface area contributed by atoms with Gasteiger partial charge in [0.05, 0.1) is 0 Å². The molecular weight excluding hydrogens is 713 g/mol. The van der Waals surface area contributed by atoms with E-state index >= 15 is 0 Å². The molecule has 0 saturated carbocycles. The van der Waals surface area contributed by atoms with E-state index in [4.69, 9.17) is 28.8 Å². The number of fused-ring (bicyclic) bond motifs is 4. The molecule has 58 heavy (non-hydrogen) atoms. The van der Waals surface area contributed by atoms with Crippen molar-refractivity contribution in [2.45, 2.75) is 0 Å². The van der Waals surface area contributed by atoms with Gasteiger partial charge in [-0.3, -0.25) is 0 Å². The molecule has 272 valence electrons. The van der Waals surface area contributed by atoms with Crippen LogP contribution in [0.5, 0.6) is 0 Å². The lowest BCUT2D eigenvalue weighted by Crippen LogP contribution is -2.00. The molecule has 11 rings (SSSR count). The molecule has 0 radical (unpaired) electrons. The molecule has 8 aromatic carbocycles. The second-order valence-electron chi connectivity index (χ2n) is 14.2. The molecule has 0 aliphatic carbocycles. The van der Waals surface area contributed by atoms with E-state index < -0.39 is 0 Å². The molecule has 0 aliphatic heterocycles. The quantitative estimate of drug-likeness (QED) is 0.162. The van der Waals surface area contributed by atoms with Gasteiger partial charge in [-0.1, -0.05) is 152 Å². The number of oxazole rings is 1. The van der Waals surface area contributed by atoms with Crippen LogP contribution in [0.15, 0.2) is 203 Å². The minimum atomic E-state index is 0.579. The molecule has 3 heterocycles. The predicted molar refractivity (Wildman–Crippen MR) is 233 cm³/mol. The van der Waals surface area contributed by atoms with Crippen molar-refractivity contribution in [1.82, 2.24) is 19.9 Å². The highest BCUT2D eigenvalue weighted by atomic mass is 16.3. The maximum Gasteiger partial charge on any atom is 0.227 e. The van der Waals surface area contributed by atoms with Gasteiger partial charge in [0.1, 0.15) is 16.7 Å². The minimum absolute atomic E-state index is 0.579. The third-order valence-corrected chi connectivity index (χ3v) is 10.6. The average Bonchev–Trinajstić information content (AvgIpc) is 3.91. The lowest BCUT2D eigenvalue weighted by Gasteiger charge is -2.10. The van der Waals surface area contributed by atoms with Crippen LogP contribution in [0.25, 0.3) is 112 Å². The Morgan fingerprint density at radius 2 is 0.810 bits per heavy atom.